The Balaban J connectivity index is 1.78. The van der Waals surface area contributed by atoms with Crippen LogP contribution in [0.3, 0.4) is 0 Å². The minimum Gasteiger partial charge on any atom is -0.459 e. The molecule has 0 aliphatic carbocycles. The van der Waals surface area contributed by atoms with E-state index in [9.17, 15) is 4.79 Å². The van der Waals surface area contributed by atoms with Gasteiger partial charge < -0.3 is 9.47 Å². The van der Waals surface area contributed by atoms with Crippen molar-refractivity contribution in [3.8, 4) is 0 Å². The zero-order valence-corrected chi connectivity index (χ0v) is 11.0. The summed E-state index contributed by atoms with van der Waals surface area (Å²) >= 11 is 0. The molecule has 1 heterocycles. The summed E-state index contributed by atoms with van der Waals surface area (Å²) in [6, 6.07) is 10.0. The number of rotatable bonds is 4. The standard InChI is InChI=1S/C15H20O3/c1-11-8-12(2)15(16)18-14(11)10-17-9-13-6-4-3-5-7-13/h3-7,11-12,14H,8-10H2,1-2H3/t11-,12-,14-/m0/s1. The molecule has 0 N–H and O–H groups in total. The van der Waals surface area contributed by atoms with Crippen molar-refractivity contribution in [3.63, 3.8) is 0 Å². The molecule has 1 aromatic rings. The summed E-state index contributed by atoms with van der Waals surface area (Å²) in [6.45, 7) is 5.07. The Morgan fingerprint density at radius 1 is 1.28 bits per heavy atom. The molecule has 98 valence electrons. The van der Waals surface area contributed by atoms with Crippen molar-refractivity contribution in [3.05, 3.63) is 35.9 Å². The van der Waals surface area contributed by atoms with Crippen LogP contribution in [0.4, 0.5) is 0 Å². The molecule has 1 aliphatic rings. The van der Waals surface area contributed by atoms with Gasteiger partial charge >= 0.3 is 5.97 Å². The van der Waals surface area contributed by atoms with E-state index >= 15 is 0 Å². The van der Waals surface area contributed by atoms with E-state index in [4.69, 9.17) is 9.47 Å². The minimum absolute atomic E-state index is 0.0189. The van der Waals surface area contributed by atoms with Crippen LogP contribution in [0.1, 0.15) is 25.8 Å². The molecule has 0 aromatic heterocycles. The molecule has 3 atom stereocenters. The first kappa shape index (κ1) is 13.1. The van der Waals surface area contributed by atoms with E-state index in [0.717, 1.165) is 12.0 Å². The third-order valence-electron chi connectivity index (χ3n) is 3.42. The van der Waals surface area contributed by atoms with Crippen LogP contribution in [0.2, 0.25) is 0 Å². The summed E-state index contributed by atoms with van der Waals surface area (Å²) in [7, 11) is 0. The third kappa shape index (κ3) is 3.33. The Hall–Kier alpha value is -1.35. The van der Waals surface area contributed by atoms with E-state index in [-0.39, 0.29) is 18.0 Å². The van der Waals surface area contributed by atoms with Gasteiger partial charge in [-0.15, -0.1) is 0 Å². The van der Waals surface area contributed by atoms with Crippen LogP contribution in [0.5, 0.6) is 0 Å². The van der Waals surface area contributed by atoms with E-state index in [1.165, 1.54) is 0 Å². The fraction of sp³-hybridized carbons (Fsp3) is 0.533. The summed E-state index contributed by atoms with van der Waals surface area (Å²) in [5.41, 5.74) is 1.14. The smallest absolute Gasteiger partial charge is 0.309 e. The molecule has 0 saturated carbocycles. The average molecular weight is 248 g/mol. The van der Waals surface area contributed by atoms with Crippen LogP contribution < -0.4 is 0 Å². The van der Waals surface area contributed by atoms with Crippen LogP contribution in [-0.4, -0.2) is 18.7 Å². The zero-order valence-electron chi connectivity index (χ0n) is 11.0. The summed E-state index contributed by atoms with van der Waals surface area (Å²) in [5.74, 6) is 0.292. The van der Waals surface area contributed by atoms with Crippen molar-refractivity contribution in [2.24, 2.45) is 11.8 Å². The Bertz CT molecular complexity index is 388. The molecule has 2 rings (SSSR count). The quantitative estimate of drug-likeness (QED) is 0.769. The number of cyclic esters (lactones) is 1. The zero-order chi connectivity index (χ0) is 13.0. The maximum Gasteiger partial charge on any atom is 0.309 e. The maximum absolute atomic E-state index is 11.5. The predicted molar refractivity (Wildman–Crippen MR) is 68.9 cm³/mol. The van der Waals surface area contributed by atoms with Crippen molar-refractivity contribution in [1.82, 2.24) is 0 Å². The first-order valence-electron chi connectivity index (χ1n) is 6.49. The molecule has 0 unspecified atom stereocenters. The van der Waals surface area contributed by atoms with Crippen LogP contribution in [0, 0.1) is 11.8 Å². The second-order valence-electron chi connectivity index (χ2n) is 5.09. The number of carbonyl (C=O) groups excluding carboxylic acids is 1. The SMILES string of the molecule is C[C@H]1C[C@H](C)[C@H](COCc2ccccc2)OC1=O. The van der Waals surface area contributed by atoms with Gasteiger partial charge in [-0.25, -0.2) is 0 Å². The Kier molecular flexibility index (Phi) is 4.37. The topological polar surface area (TPSA) is 35.5 Å². The van der Waals surface area contributed by atoms with E-state index in [1.807, 2.05) is 37.3 Å². The summed E-state index contributed by atoms with van der Waals surface area (Å²) < 4.78 is 11.0. The molecule has 1 aliphatic heterocycles. The lowest BCUT2D eigenvalue weighted by Gasteiger charge is -2.31. The first-order chi connectivity index (χ1) is 8.66. The maximum atomic E-state index is 11.5. The van der Waals surface area contributed by atoms with Gasteiger partial charge in [-0.1, -0.05) is 44.2 Å². The minimum atomic E-state index is -0.0996. The molecule has 1 fully saturated rings. The fourth-order valence-electron chi connectivity index (χ4n) is 2.25. The summed E-state index contributed by atoms with van der Waals surface area (Å²) in [5, 5.41) is 0. The number of esters is 1. The second-order valence-corrected chi connectivity index (χ2v) is 5.09. The second kappa shape index (κ2) is 6.01. The molecule has 3 heteroatoms. The van der Waals surface area contributed by atoms with E-state index in [2.05, 4.69) is 6.92 Å². The van der Waals surface area contributed by atoms with Crippen LogP contribution >= 0.6 is 0 Å². The average Bonchev–Trinajstić information content (AvgIpc) is 2.37. The monoisotopic (exact) mass is 248 g/mol. The molecule has 0 radical (unpaired) electrons. The summed E-state index contributed by atoms with van der Waals surface area (Å²) in [6.07, 6.45) is 0.787. The molecule has 0 spiro atoms. The van der Waals surface area contributed by atoms with Gasteiger partial charge in [-0.05, 0) is 17.9 Å². The Morgan fingerprint density at radius 3 is 2.72 bits per heavy atom. The normalized spacial score (nSPS) is 27.9. The fourth-order valence-corrected chi connectivity index (χ4v) is 2.25. The molecule has 18 heavy (non-hydrogen) atoms. The Morgan fingerprint density at radius 2 is 2.00 bits per heavy atom. The molecule has 0 amide bonds. The highest BCUT2D eigenvalue weighted by Crippen LogP contribution is 2.25. The van der Waals surface area contributed by atoms with E-state index < -0.39 is 0 Å². The molecule has 3 nitrogen and oxygen atoms in total. The van der Waals surface area contributed by atoms with Crippen molar-refractivity contribution >= 4 is 5.97 Å². The molecular weight excluding hydrogens is 228 g/mol. The lowest BCUT2D eigenvalue weighted by atomic mass is 9.90. The van der Waals surface area contributed by atoms with Gasteiger partial charge in [0.25, 0.3) is 0 Å². The lowest BCUT2D eigenvalue weighted by Crippen LogP contribution is -2.38. The predicted octanol–water partition coefficient (Wildman–Crippen LogP) is 2.79. The molecule has 1 saturated heterocycles. The third-order valence-corrected chi connectivity index (χ3v) is 3.42. The van der Waals surface area contributed by atoms with E-state index in [1.54, 1.807) is 0 Å². The van der Waals surface area contributed by atoms with Gasteiger partial charge in [0.2, 0.25) is 0 Å². The Labute approximate surface area is 108 Å². The van der Waals surface area contributed by atoms with Gasteiger partial charge in [0.1, 0.15) is 6.10 Å². The van der Waals surface area contributed by atoms with Crippen LogP contribution in [0.15, 0.2) is 30.3 Å². The van der Waals surface area contributed by atoms with Crippen LogP contribution in [-0.2, 0) is 20.9 Å². The highest BCUT2D eigenvalue weighted by molar-refractivity contribution is 5.72. The van der Waals surface area contributed by atoms with Crippen molar-refractivity contribution in [2.75, 3.05) is 6.61 Å². The first-order valence-corrected chi connectivity index (χ1v) is 6.49. The lowest BCUT2D eigenvalue weighted by molar-refractivity contribution is -0.169. The number of benzene rings is 1. The van der Waals surface area contributed by atoms with Gasteiger partial charge in [0, 0.05) is 0 Å². The highest BCUT2D eigenvalue weighted by atomic mass is 16.6. The molecule has 0 bridgehead atoms. The van der Waals surface area contributed by atoms with Crippen molar-refractivity contribution < 1.29 is 14.3 Å². The number of hydrogen-bond donors (Lipinski definition) is 0. The largest absolute Gasteiger partial charge is 0.459 e. The van der Waals surface area contributed by atoms with Gasteiger partial charge in [0.15, 0.2) is 0 Å². The van der Waals surface area contributed by atoms with Crippen molar-refractivity contribution in [2.45, 2.75) is 33.0 Å². The van der Waals surface area contributed by atoms with Crippen LogP contribution in [0.25, 0.3) is 0 Å². The number of ether oxygens (including phenoxy) is 2. The number of hydrogen-bond acceptors (Lipinski definition) is 3. The van der Waals surface area contributed by atoms with E-state index in [0.29, 0.717) is 19.1 Å². The van der Waals surface area contributed by atoms with Crippen molar-refractivity contribution in [1.29, 1.82) is 0 Å². The summed E-state index contributed by atoms with van der Waals surface area (Å²) in [4.78, 5) is 11.5. The number of carbonyl (C=O) groups is 1. The van der Waals surface area contributed by atoms with Gasteiger partial charge in [-0.2, -0.15) is 0 Å². The molecular formula is C15H20O3. The highest BCUT2D eigenvalue weighted by Gasteiger charge is 2.32. The van der Waals surface area contributed by atoms with Gasteiger partial charge in [-0.3, -0.25) is 4.79 Å². The van der Waals surface area contributed by atoms with Gasteiger partial charge in [0.05, 0.1) is 19.1 Å². The molecule has 1 aromatic carbocycles.